The number of pyridine rings is 3. The minimum absolute atomic E-state index is 0.0643. The largest absolute Gasteiger partial charge is 0.478 e. The van der Waals surface area contributed by atoms with E-state index in [1.54, 1.807) is 24.3 Å². The van der Waals surface area contributed by atoms with Crippen LogP contribution in [0.5, 0.6) is 17.5 Å². The van der Waals surface area contributed by atoms with Crippen molar-refractivity contribution in [2.24, 2.45) is 0 Å². The Morgan fingerprint density at radius 1 is 0.900 bits per heavy atom. The van der Waals surface area contributed by atoms with Crippen LogP contribution in [-0.4, -0.2) is 46.6 Å². The Morgan fingerprint density at radius 2 is 1.50 bits per heavy atom. The maximum Gasteiger partial charge on any atom is 0.387 e. The SMILES string of the molecule is CCOc1ccc2c(n1)C(C)(C)N(c1cncc(OC(F)F)c1)C2=O.CCOc1ccc2c(n1)C(C)(C)NC2=O. The van der Waals surface area contributed by atoms with Gasteiger partial charge in [0.2, 0.25) is 11.8 Å². The van der Waals surface area contributed by atoms with Gasteiger partial charge in [-0.25, -0.2) is 9.97 Å². The van der Waals surface area contributed by atoms with Gasteiger partial charge in [0.15, 0.2) is 0 Å². The Balaban J connectivity index is 0.000000210. The summed E-state index contributed by atoms with van der Waals surface area (Å²) in [4.78, 5) is 38.5. The summed E-state index contributed by atoms with van der Waals surface area (Å²) < 4.78 is 40.0. The molecule has 40 heavy (non-hydrogen) atoms. The highest BCUT2D eigenvalue weighted by Gasteiger charge is 2.46. The molecule has 3 aromatic heterocycles. The number of amides is 2. The number of halogens is 2. The number of carbonyl (C=O) groups is 2. The van der Waals surface area contributed by atoms with Crippen molar-refractivity contribution in [2.75, 3.05) is 18.1 Å². The van der Waals surface area contributed by atoms with Gasteiger partial charge in [-0.3, -0.25) is 19.5 Å². The number of carbonyl (C=O) groups excluding carboxylic acids is 2. The fraction of sp³-hybridized carbons (Fsp3) is 0.393. The molecule has 212 valence electrons. The van der Waals surface area contributed by atoms with Crippen LogP contribution in [0.4, 0.5) is 14.5 Å². The van der Waals surface area contributed by atoms with E-state index in [9.17, 15) is 18.4 Å². The molecule has 2 amide bonds. The van der Waals surface area contributed by atoms with E-state index in [0.29, 0.717) is 47.5 Å². The second kappa shape index (κ2) is 11.0. The third kappa shape index (κ3) is 5.51. The number of anilines is 1. The maximum atomic E-state index is 12.8. The van der Waals surface area contributed by atoms with Gasteiger partial charge >= 0.3 is 6.61 Å². The average Bonchev–Trinajstić information content (AvgIpc) is 3.23. The normalized spacial score (nSPS) is 16.1. The summed E-state index contributed by atoms with van der Waals surface area (Å²) in [5.41, 5.74) is 1.55. The van der Waals surface area contributed by atoms with Gasteiger partial charge in [-0.2, -0.15) is 8.78 Å². The van der Waals surface area contributed by atoms with Gasteiger partial charge in [-0.1, -0.05) is 0 Å². The summed E-state index contributed by atoms with van der Waals surface area (Å²) in [6, 6.07) is 8.13. The molecule has 5 heterocycles. The minimum atomic E-state index is -2.97. The summed E-state index contributed by atoms with van der Waals surface area (Å²) in [5.74, 6) is 0.532. The van der Waals surface area contributed by atoms with Crippen LogP contribution in [-0.2, 0) is 11.1 Å². The van der Waals surface area contributed by atoms with Gasteiger partial charge in [0.1, 0.15) is 5.75 Å². The van der Waals surface area contributed by atoms with Gasteiger partial charge in [0.25, 0.3) is 11.8 Å². The van der Waals surface area contributed by atoms with Gasteiger partial charge in [-0.05, 0) is 53.7 Å². The second-order valence-corrected chi connectivity index (χ2v) is 9.99. The molecule has 2 aliphatic rings. The molecule has 0 saturated heterocycles. The molecule has 0 aliphatic carbocycles. The lowest BCUT2D eigenvalue weighted by Crippen LogP contribution is -2.39. The number of rotatable bonds is 7. The topological polar surface area (TPSA) is 116 Å². The molecule has 1 N–H and O–H groups in total. The Bertz CT molecular complexity index is 1430. The zero-order chi connectivity index (χ0) is 29.2. The molecule has 0 unspecified atom stereocenters. The van der Waals surface area contributed by atoms with Gasteiger partial charge in [0.05, 0.1) is 64.9 Å². The summed E-state index contributed by atoms with van der Waals surface area (Å²) >= 11 is 0. The van der Waals surface area contributed by atoms with Crippen LogP contribution in [0.2, 0.25) is 0 Å². The zero-order valence-electron chi connectivity index (χ0n) is 23.1. The third-order valence-electron chi connectivity index (χ3n) is 6.34. The first kappa shape index (κ1) is 28.7. The summed E-state index contributed by atoms with van der Waals surface area (Å²) in [7, 11) is 0. The lowest BCUT2D eigenvalue weighted by atomic mass is 9.99. The zero-order valence-corrected chi connectivity index (χ0v) is 23.1. The van der Waals surface area contributed by atoms with Crippen molar-refractivity contribution in [1.82, 2.24) is 20.3 Å². The minimum Gasteiger partial charge on any atom is -0.478 e. The number of alkyl halides is 2. The van der Waals surface area contributed by atoms with Crippen LogP contribution in [0.1, 0.15) is 73.6 Å². The number of aromatic nitrogens is 3. The van der Waals surface area contributed by atoms with Crippen molar-refractivity contribution >= 4 is 17.5 Å². The number of fused-ring (bicyclic) bond motifs is 2. The number of hydrogen-bond acceptors (Lipinski definition) is 8. The lowest BCUT2D eigenvalue weighted by Gasteiger charge is -2.31. The highest BCUT2D eigenvalue weighted by Crippen LogP contribution is 2.42. The molecule has 0 aromatic carbocycles. The quantitative estimate of drug-likeness (QED) is 0.441. The lowest BCUT2D eigenvalue weighted by molar-refractivity contribution is -0.0500. The van der Waals surface area contributed by atoms with Crippen LogP contribution < -0.4 is 24.4 Å². The van der Waals surface area contributed by atoms with Crippen molar-refractivity contribution in [2.45, 2.75) is 59.2 Å². The predicted molar refractivity (Wildman–Crippen MR) is 142 cm³/mol. The van der Waals surface area contributed by atoms with Crippen molar-refractivity contribution < 1.29 is 32.6 Å². The highest BCUT2D eigenvalue weighted by molar-refractivity contribution is 6.11. The van der Waals surface area contributed by atoms with Crippen LogP contribution in [0.25, 0.3) is 0 Å². The summed E-state index contributed by atoms with van der Waals surface area (Å²) in [5, 5.41) is 2.87. The van der Waals surface area contributed by atoms with Gasteiger partial charge in [0, 0.05) is 18.2 Å². The number of hydrogen-bond donors (Lipinski definition) is 1. The predicted octanol–water partition coefficient (Wildman–Crippen LogP) is 4.83. The molecule has 5 rings (SSSR count). The molecule has 0 radical (unpaired) electrons. The van der Waals surface area contributed by atoms with Crippen LogP contribution in [0.15, 0.2) is 42.7 Å². The molecular formula is C28H31F2N5O5. The van der Waals surface area contributed by atoms with E-state index in [-0.39, 0.29) is 17.6 Å². The molecule has 3 aromatic rings. The molecule has 0 spiro atoms. The second-order valence-electron chi connectivity index (χ2n) is 9.99. The van der Waals surface area contributed by atoms with E-state index in [2.05, 4.69) is 25.0 Å². The van der Waals surface area contributed by atoms with Crippen molar-refractivity contribution in [3.63, 3.8) is 0 Å². The Hall–Kier alpha value is -4.35. The molecule has 0 fully saturated rings. The smallest absolute Gasteiger partial charge is 0.387 e. The standard InChI is InChI=1S/C17H17F2N3O3.C11H14N2O2/c1-4-24-13-6-5-12-14(21-13)17(2,3)22(15(12)23)10-7-11(9-20-8-10)25-16(18)19;1-4-15-8-6-5-7-9(12-8)11(2,3)13-10(7)14/h5-9,16H,4H2,1-3H3;5-6H,4H2,1-3H3,(H,13,14). The molecule has 2 aliphatic heterocycles. The van der Waals surface area contributed by atoms with Crippen molar-refractivity contribution in [3.05, 3.63) is 65.2 Å². The van der Waals surface area contributed by atoms with E-state index < -0.39 is 17.7 Å². The molecule has 0 bridgehead atoms. The van der Waals surface area contributed by atoms with Gasteiger partial charge < -0.3 is 19.5 Å². The van der Waals surface area contributed by atoms with E-state index in [4.69, 9.17) is 9.47 Å². The Morgan fingerprint density at radius 3 is 2.10 bits per heavy atom. The Kier molecular flexibility index (Phi) is 7.90. The monoisotopic (exact) mass is 555 g/mol. The van der Waals surface area contributed by atoms with Crippen molar-refractivity contribution in [3.8, 4) is 17.5 Å². The van der Waals surface area contributed by atoms with Crippen molar-refractivity contribution in [1.29, 1.82) is 0 Å². The molecule has 10 nitrogen and oxygen atoms in total. The summed E-state index contributed by atoms with van der Waals surface area (Å²) in [6.45, 7) is 9.32. The molecular weight excluding hydrogens is 524 g/mol. The van der Waals surface area contributed by atoms with Crippen LogP contribution >= 0.6 is 0 Å². The van der Waals surface area contributed by atoms with E-state index >= 15 is 0 Å². The maximum absolute atomic E-state index is 12.8. The molecule has 0 atom stereocenters. The van der Waals surface area contributed by atoms with E-state index in [1.165, 1.54) is 23.4 Å². The van der Waals surface area contributed by atoms with E-state index in [0.717, 1.165) is 5.69 Å². The first-order valence-electron chi connectivity index (χ1n) is 12.7. The highest BCUT2D eigenvalue weighted by atomic mass is 19.3. The summed E-state index contributed by atoms with van der Waals surface area (Å²) in [6.07, 6.45) is 2.59. The average molecular weight is 556 g/mol. The van der Waals surface area contributed by atoms with Crippen LogP contribution in [0.3, 0.4) is 0 Å². The van der Waals surface area contributed by atoms with E-state index in [1.807, 2.05) is 41.5 Å². The molecule has 12 heteroatoms. The number of nitrogens with zero attached hydrogens (tertiary/aromatic N) is 4. The van der Waals surface area contributed by atoms with Crippen LogP contribution in [0, 0.1) is 0 Å². The number of ether oxygens (including phenoxy) is 3. The first-order valence-corrected chi connectivity index (χ1v) is 12.7. The third-order valence-corrected chi connectivity index (χ3v) is 6.34. The Labute approximate surface area is 230 Å². The fourth-order valence-electron chi connectivity index (χ4n) is 4.67. The number of nitrogens with one attached hydrogen (secondary N) is 1. The van der Waals surface area contributed by atoms with Gasteiger partial charge in [-0.15, -0.1) is 0 Å². The first-order chi connectivity index (χ1) is 18.9. The molecule has 0 saturated carbocycles. The fourth-order valence-corrected chi connectivity index (χ4v) is 4.67.